The third kappa shape index (κ3) is 2.71. The normalized spacial score (nSPS) is 30.3. The molecule has 0 saturated carbocycles. The van der Waals surface area contributed by atoms with Crippen molar-refractivity contribution < 1.29 is 20.1 Å². The molecule has 10 heteroatoms. The molecule has 0 spiro atoms. The summed E-state index contributed by atoms with van der Waals surface area (Å²) in [6, 6.07) is 0. The molecule has 0 bridgehead atoms. The van der Waals surface area contributed by atoms with E-state index in [-0.39, 0.29) is 5.95 Å². The number of rotatable bonds is 3. The van der Waals surface area contributed by atoms with E-state index in [9.17, 15) is 15.3 Å². The monoisotopic (exact) mass is 350 g/mol. The molecule has 4 atom stereocenters. The molecular weight excluding hydrogens is 328 g/mol. The molecule has 4 heterocycles. The molecule has 10 nitrogen and oxygen atoms in total. The summed E-state index contributed by atoms with van der Waals surface area (Å²) in [4.78, 5) is 15.1. The van der Waals surface area contributed by atoms with E-state index in [1.807, 2.05) is 0 Å². The van der Waals surface area contributed by atoms with E-state index in [0.29, 0.717) is 17.0 Å². The standard InChI is InChI=1S/C15H22N6O4/c16-15-18-12(20-4-2-1-3-5-20)9-13(19-15)21(7-17-9)14-11(24)10(23)8(6-22)25-14/h7-8,10-11,14,22-24H,1-6H2,(H2,16,18,19)/t8-,10+,11-,14+/m0/s1. The van der Waals surface area contributed by atoms with Gasteiger partial charge in [-0.15, -0.1) is 0 Å². The summed E-state index contributed by atoms with van der Waals surface area (Å²) in [6.45, 7) is 1.37. The lowest BCUT2D eigenvalue weighted by molar-refractivity contribution is -0.0511. The van der Waals surface area contributed by atoms with Crippen molar-refractivity contribution in [2.24, 2.45) is 0 Å². The highest BCUT2D eigenvalue weighted by Crippen LogP contribution is 2.33. The van der Waals surface area contributed by atoms with Gasteiger partial charge in [0.15, 0.2) is 23.2 Å². The quantitative estimate of drug-likeness (QED) is 0.548. The zero-order valence-corrected chi connectivity index (χ0v) is 13.7. The molecule has 2 aliphatic heterocycles. The van der Waals surface area contributed by atoms with E-state index in [0.717, 1.165) is 25.9 Å². The van der Waals surface area contributed by atoms with Crippen LogP contribution < -0.4 is 10.6 Å². The van der Waals surface area contributed by atoms with E-state index in [1.54, 1.807) is 0 Å². The van der Waals surface area contributed by atoms with Gasteiger partial charge in [0.05, 0.1) is 12.9 Å². The Morgan fingerprint density at radius 2 is 1.92 bits per heavy atom. The first-order chi connectivity index (χ1) is 12.1. The molecule has 2 aliphatic rings. The third-order valence-electron chi connectivity index (χ3n) is 4.87. The van der Waals surface area contributed by atoms with Crippen LogP contribution in [0.15, 0.2) is 6.33 Å². The van der Waals surface area contributed by atoms with Crippen LogP contribution in [0, 0.1) is 0 Å². The zero-order valence-electron chi connectivity index (χ0n) is 13.7. The number of piperidine rings is 1. The molecule has 2 aromatic rings. The average Bonchev–Trinajstić information content (AvgIpc) is 3.16. The zero-order chi connectivity index (χ0) is 17.6. The Kier molecular flexibility index (Phi) is 4.20. The molecule has 0 aliphatic carbocycles. The van der Waals surface area contributed by atoms with Gasteiger partial charge in [-0.3, -0.25) is 4.57 Å². The summed E-state index contributed by atoms with van der Waals surface area (Å²) in [5, 5.41) is 29.5. The van der Waals surface area contributed by atoms with Crippen molar-refractivity contribution in [3.05, 3.63) is 6.33 Å². The summed E-state index contributed by atoms with van der Waals surface area (Å²) in [5.74, 6) is 0.786. The first kappa shape index (κ1) is 16.5. The van der Waals surface area contributed by atoms with Crippen molar-refractivity contribution in [2.75, 3.05) is 30.3 Å². The van der Waals surface area contributed by atoms with Crippen molar-refractivity contribution >= 4 is 22.9 Å². The maximum atomic E-state index is 10.3. The van der Waals surface area contributed by atoms with Crippen LogP contribution in [0.2, 0.25) is 0 Å². The lowest BCUT2D eigenvalue weighted by Crippen LogP contribution is -2.33. The van der Waals surface area contributed by atoms with Gasteiger partial charge in [0.1, 0.15) is 18.3 Å². The van der Waals surface area contributed by atoms with E-state index in [4.69, 9.17) is 10.5 Å². The molecule has 5 N–H and O–H groups in total. The molecule has 4 rings (SSSR count). The average molecular weight is 350 g/mol. The lowest BCUT2D eigenvalue weighted by Gasteiger charge is -2.27. The minimum absolute atomic E-state index is 0.113. The molecule has 136 valence electrons. The molecule has 2 aromatic heterocycles. The Morgan fingerprint density at radius 1 is 1.16 bits per heavy atom. The number of imidazole rings is 1. The first-order valence-corrected chi connectivity index (χ1v) is 8.47. The van der Waals surface area contributed by atoms with Gasteiger partial charge in [-0.1, -0.05) is 0 Å². The topological polar surface area (TPSA) is 143 Å². The fraction of sp³-hybridized carbons (Fsp3) is 0.667. The van der Waals surface area contributed by atoms with E-state index in [2.05, 4.69) is 19.9 Å². The predicted octanol–water partition coefficient (Wildman–Crippen LogP) is -0.990. The number of ether oxygens (including phenoxy) is 1. The van der Waals surface area contributed by atoms with Gasteiger partial charge in [-0.25, -0.2) is 4.98 Å². The van der Waals surface area contributed by atoms with E-state index < -0.39 is 31.1 Å². The fourth-order valence-corrected chi connectivity index (χ4v) is 3.54. The summed E-state index contributed by atoms with van der Waals surface area (Å²) in [6.07, 6.45) is 0.697. The van der Waals surface area contributed by atoms with Crippen molar-refractivity contribution in [1.82, 2.24) is 19.5 Å². The molecule has 0 aromatic carbocycles. The van der Waals surface area contributed by atoms with Gasteiger partial charge in [-0.05, 0) is 19.3 Å². The molecular formula is C15H22N6O4. The van der Waals surface area contributed by atoms with Gasteiger partial charge < -0.3 is 30.7 Å². The van der Waals surface area contributed by atoms with Crippen LogP contribution in [0.1, 0.15) is 25.5 Å². The van der Waals surface area contributed by atoms with Crippen molar-refractivity contribution in [1.29, 1.82) is 0 Å². The molecule has 0 radical (unpaired) electrons. The number of hydrogen-bond acceptors (Lipinski definition) is 9. The fourth-order valence-electron chi connectivity index (χ4n) is 3.54. The smallest absolute Gasteiger partial charge is 0.224 e. The van der Waals surface area contributed by atoms with E-state index in [1.165, 1.54) is 17.3 Å². The van der Waals surface area contributed by atoms with E-state index >= 15 is 0 Å². The Labute approximate surface area is 143 Å². The van der Waals surface area contributed by atoms with Gasteiger partial charge in [-0.2, -0.15) is 9.97 Å². The number of fused-ring (bicyclic) bond motifs is 1. The second-order valence-electron chi connectivity index (χ2n) is 6.51. The van der Waals surface area contributed by atoms with Crippen LogP contribution in [0.4, 0.5) is 11.8 Å². The largest absolute Gasteiger partial charge is 0.394 e. The number of nitrogen functional groups attached to an aromatic ring is 1. The highest BCUT2D eigenvalue weighted by Gasteiger charge is 2.44. The second kappa shape index (κ2) is 6.37. The minimum Gasteiger partial charge on any atom is -0.394 e. The molecule has 2 saturated heterocycles. The number of nitrogens with zero attached hydrogens (tertiary/aromatic N) is 5. The maximum absolute atomic E-state index is 10.3. The summed E-state index contributed by atoms with van der Waals surface area (Å²) in [5.41, 5.74) is 6.90. The molecule has 25 heavy (non-hydrogen) atoms. The number of aromatic nitrogens is 4. The van der Waals surface area contributed by atoms with Gasteiger partial charge in [0, 0.05) is 13.1 Å². The SMILES string of the molecule is Nc1nc(N2CCCCC2)c2ncn([C@@H]3O[C@@H](CO)[C@@H](O)[C@@H]3O)c2n1. The van der Waals surface area contributed by atoms with Crippen molar-refractivity contribution in [3.8, 4) is 0 Å². The number of aliphatic hydroxyl groups excluding tert-OH is 3. The number of nitrogens with two attached hydrogens (primary N) is 1. The highest BCUT2D eigenvalue weighted by molar-refractivity contribution is 5.84. The minimum atomic E-state index is -1.20. The van der Waals surface area contributed by atoms with Gasteiger partial charge in [0.2, 0.25) is 5.95 Å². The van der Waals surface area contributed by atoms with Crippen molar-refractivity contribution in [2.45, 2.75) is 43.8 Å². The summed E-state index contributed by atoms with van der Waals surface area (Å²) >= 11 is 0. The Bertz CT molecular complexity index is 762. The molecule has 0 unspecified atom stereocenters. The van der Waals surface area contributed by atoms with Crippen LogP contribution in [-0.2, 0) is 4.74 Å². The number of aliphatic hydroxyl groups is 3. The van der Waals surface area contributed by atoms with Crippen molar-refractivity contribution in [3.63, 3.8) is 0 Å². The Morgan fingerprint density at radius 3 is 2.60 bits per heavy atom. The summed E-state index contributed by atoms with van der Waals surface area (Å²) < 4.78 is 7.10. The van der Waals surface area contributed by atoms with Crippen LogP contribution in [0.25, 0.3) is 11.2 Å². The van der Waals surface area contributed by atoms with Crippen LogP contribution in [-0.4, -0.2) is 72.8 Å². The number of hydrogen-bond donors (Lipinski definition) is 4. The number of anilines is 2. The second-order valence-corrected chi connectivity index (χ2v) is 6.51. The van der Waals surface area contributed by atoms with Crippen LogP contribution in [0.3, 0.4) is 0 Å². The summed E-state index contributed by atoms with van der Waals surface area (Å²) in [7, 11) is 0. The Balaban J connectivity index is 1.75. The maximum Gasteiger partial charge on any atom is 0.224 e. The Hall–Kier alpha value is -2.01. The van der Waals surface area contributed by atoms with Crippen LogP contribution in [0.5, 0.6) is 0 Å². The molecule has 0 amide bonds. The predicted molar refractivity (Wildman–Crippen MR) is 88.8 cm³/mol. The highest BCUT2D eigenvalue weighted by atomic mass is 16.6. The van der Waals surface area contributed by atoms with Gasteiger partial charge >= 0.3 is 0 Å². The van der Waals surface area contributed by atoms with Gasteiger partial charge in [0.25, 0.3) is 0 Å². The lowest BCUT2D eigenvalue weighted by atomic mass is 10.1. The first-order valence-electron chi connectivity index (χ1n) is 8.47. The van der Waals surface area contributed by atoms with Crippen LogP contribution >= 0.6 is 0 Å². The third-order valence-corrected chi connectivity index (χ3v) is 4.87. The molecule has 2 fully saturated rings.